The van der Waals surface area contributed by atoms with Gasteiger partial charge in [0.1, 0.15) is 5.82 Å². The van der Waals surface area contributed by atoms with Gasteiger partial charge < -0.3 is 4.90 Å². The lowest BCUT2D eigenvalue weighted by Gasteiger charge is -2.40. The van der Waals surface area contributed by atoms with E-state index >= 15 is 0 Å². The van der Waals surface area contributed by atoms with Crippen LogP contribution in [0.2, 0.25) is 0 Å². The summed E-state index contributed by atoms with van der Waals surface area (Å²) in [4.78, 5) is 16.7. The molecule has 4 nitrogen and oxygen atoms in total. The first kappa shape index (κ1) is 14.8. The number of carbonyl (C=O) groups is 1. The second-order valence-electron chi connectivity index (χ2n) is 5.60. The number of halogens is 1. The summed E-state index contributed by atoms with van der Waals surface area (Å²) in [5, 5.41) is 3.24. The van der Waals surface area contributed by atoms with Gasteiger partial charge in [-0.1, -0.05) is 12.1 Å². The van der Waals surface area contributed by atoms with Crippen LogP contribution in [0.3, 0.4) is 0 Å². The van der Waals surface area contributed by atoms with Crippen molar-refractivity contribution in [3.63, 3.8) is 0 Å². The summed E-state index contributed by atoms with van der Waals surface area (Å²) in [5.74, 6) is 1.68. The molecule has 2 fully saturated rings. The average molecular weight is 309 g/mol. The van der Waals surface area contributed by atoms with Crippen molar-refractivity contribution >= 4 is 17.7 Å². The van der Waals surface area contributed by atoms with Crippen molar-refractivity contribution in [2.24, 2.45) is 0 Å². The summed E-state index contributed by atoms with van der Waals surface area (Å²) < 4.78 is 13.1. The Bertz CT molecular complexity index is 504. The van der Waals surface area contributed by atoms with Crippen molar-refractivity contribution in [2.45, 2.75) is 12.1 Å². The van der Waals surface area contributed by atoms with Gasteiger partial charge in [-0.3, -0.25) is 15.0 Å². The van der Waals surface area contributed by atoms with Crippen molar-refractivity contribution in [3.05, 3.63) is 35.6 Å². The number of rotatable bonds is 2. The van der Waals surface area contributed by atoms with Gasteiger partial charge in [0.25, 0.3) is 0 Å². The van der Waals surface area contributed by atoms with Crippen LogP contribution in [-0.4, -0.2) is 60.1 Å². The number of nitrogens with zero attached hydrogens (tertiary/aromatic N) is 2. The summed E-state index contributed by atoms with van der Waals surface area (Å²) in [6.45, 7) is 2.27. The maximum absolute atomic E-state index is 13.1. The number of likely N-dealkylation sites (N-methyl/N-ethyl adjacent to an activating group) is 1. The van der Waals surface area contributed by atoms with Crippen molar-refractivity contribution in [3.8, 4) is 0 Å². The maximum atomic E-state index is 13.1. The van der Waals surface area contributed by atoms with Gasteiger partial charge in [-0.15, -0.1) is 11.8 Å². The Balaban J connectivity index is 1.72. The molecule has 1 amide bonds. The van der Waals surface area contributed by atoms with Crippen molar-refractivity contribution in [2.75, 3.05) is 38.3 Å². The molecular weight excluding hydrogens is 289 g/mol. The van der Waals surface area contributed by atoms with Crippen LogP contribution in [0.1, 0.15) is 11.6 Å². The molecule has 21 heavy (non-hydrogen) atoms. The lowest BCUT2D eigenvalue weighted by Crippen LogP contribution is -2.53. The van der Waals surface area contributed by atoms with Crippen LogP contribution in [0.15, 0.2) is 24.3 Å². The van der Waals surface area contributed by atoms with Crippen LogP contribution in [0.5, 0.6) is 0 Å². The third-order valence-electron chi connectivity index (χ3n) is 4.23. The van der Waals surface area contributed by atoms with E-state index in [4.69, 9.17) is 0 Å². The topological polar surface area (TPSA) is 35.6 Å². The molecule has 2 unspecified atom stereocenters. The number of nitrogens with one attached hydrogen (secondary N) is 1. The standard InChI is InChI=1S/C15H20FN3OS/c1-18-6-7-19(15(20)13-9-21-10-17-13)8-14(18)11-2-4-12(16)5-3-11/h2-5,13-14,17H,6-10H2,1H3. The van der Waals surface area contributed by atoms with E-state index in [2.05, 4.69) is 17.3 Å². The van der Waals surface area contributed by atoms with Gasteiger partial charge >= 0.3 is 0 Å². The highest BCUT2D eigenvalue weighted by Gasteiger charge is 2.33. The second-order valence-corrected chi connectivity index (χ2v) is 6.63. The molecule has 0 spiro atoms. The molecule has 2 aliphatic rings. The smallest absolute Gasteiger partial charge is 0.240 e. The van der Waals surface area contributed by atoms with E-state index in [-0.39, 0.29) is 23.8 Å². The van der Waals surface area contributed by atoms with Crippen LogP contribution in [-0.2, 0) is 4.79 Å². The Hall–Kier alpha value is -1.11. The highest BCUT2D eigenvalue weighted by molar-refractivity contribution is 7.99. The number of carbonyl (C=O) groups excluding carboxylic acids is 1. The first-order valence-corrected chi connectivity index (χ1v) is 8.36. The summed E-state index contributed by atoms with van der Waals surface area (Å²) >= 11 is 1.76. The molecule has 0 aliphatic carbocycles. The number of piperazine rings is 1. The van der Waals surface area contributed by atoms with Gasteiger partial charge in [0, 0.05) is 31.3 Å². The third kappa shape index (κ3) is 3.22. The number of hydrogen-bond acceptors (Lipinski definition) is 4. The Kier molecular flexibility index (Phi) is 4.47. The molecule has 0 radical (unpaired) electrons. The normalized spacial score (nSPS) is 27.0. The van der Waals surface area contributed by atoms with Crippen LogP contribution in [0.4, 0.5) is 4.39 Å². The predicted octanol–water partition coefficient (Wildman–Crippen LogP) is 1.30. The number of thioether (sulfide) groups is 1. The van der Waals surface area contributed by atoms with Crippen molar-refractivity contribution in [1.82, 2.24) is 15.1 Å². The molecule has 0 saturated carbocycles. The van der Waals surface area contributed by atoms with E-state index < -0.39 is 0 Å². The van der Waals surface area contributed by atoms with Gasteiger partial charge in [-0.05, 0) is 24.7 Å². The maximum Gasteiger partial charge on any atom is 0.240 e. The van der Waals surface area contributed by atoms with E-state index in [1.54, 1.807) is 11.8 Å². The van der Waals surface area contributed by atoms with Gasteiger partial charge in [0.05, 0.1) is 12.1 Å². The average Bonchev–Trinajstić information content (AvgIpc) is 3.02. The van der Waals surface area contributed by atoms with Gasteiger partial charge in [-0.25, -0.2) is 4.39 Å². The SMILES string of the molecule is CN1CCN(C(=O)C2CSCN2)CC1c1ccc(F)cc1. The molecule has 1 aromatic carbocycles. The van der Waals surface area contributed by atoms with E-state index in [9.17, 15) is 9.18 Å². The molecular formula is C15H20FN3OS. The Labute approximate surface area is 128 Å². The number of amides is 1. The third-order valence-corrected chi connectivity index (χ3v) is 5.17. The summed E-state index contributed by atoms with van der Waals surface area (Å²) in [7, 11) is 2.06. The zero-order valence-corrected chi connectivity index (χ0v) is 12.9. The molecule has 1 aromatic rings. The van der Waals surface area contributed by atoms with Crippen molar-refractivity contribution < 1.29 is 9.18 Å². The largest absolute Gasteiger partial charge is 0.338 e. The van der Waals surface area contributed by atoms with Crippen LogP contribution >= 0.6 is 11.8 Å². The molecule has 2 heterocycles. The highest BCUT2D eigenvalue weighted by Crippen LogP contribution is 2.25. The first-order chi connectivity index (χ1) is 10.1. The van der Waals surface area contributed by atoms with Crippen LogP contribution < -0.4 is 5.32 Å². The quantitative estimate of drug-likeness (QED) is 0.893. The van der Waals surface area contributed by atoms with E-state index in [1.165, 1.54) is 12.1 Å². The van der Waals surface area contributed by atoms with Gasteiger partial charge in [0.2, 0.25) is 5.91 Å². The highest BCUT2D eigenvalue weighted by atomic mass is 32.2. The fraction of sp³-hybridized carbons (Fsp3) is 0.533. The summed E-state index contributed by atoms with van der Waals surface area (Å²) in [6, 6.07) is 6.69. The molecule has 3 rings (SSSR count). The second kappa shape index (κ2) is 6.34. The van der Waals surface area contributed by atoms with E-state index in [0.29, 0.717) is 6.54 Å². The van der Waals surface area contributed by atoms with E-state index in [1.807, 2.05) is 17.0 Å². The summed E-state index contributed by atoms with van der Waals surface area (Å²) in [5.41, 5.74) is 1.06. The van der Waals surface area contributed by atoms with Crippen LogP contribution in [0, 0.1) is 5.82 Å². The molecule has 0 aromatic heterocycles. The Morgan fingerprint density at radius 2 is 2.10 bits per heavy atom. The minimum atomic E-state index is -0.225. The first-order valence-electron chi connectivity index (χ1n) is 7.21. The zero-order valence-electron chi connectivity index (χ0n) is 12.1. The Morgan fingerprint density at radius 3 is 2.76 bits per heavy atom. The van der Waals surface area contributed by atoms with Gasteiger partial charge in [0.15, 0.2) is 0 Å². The molecule has 6 heteroatoms. The molecule has 0 bridgehead atoms. The lowest BCUT2D eigenvalue weighted by atomic mass is 10.0. The minimum Gasteiger partial charge on any atom is -0.338 e. The fourth-order valence-corrected chi connectivity index (χ4v) is 3.83. The molecule has 114 valence electrons. The molecule has 2 saturated heterocycles. The fourth-order valence-electron chi connectivity index (χ4n) is 2.89. The number of hydrogen-bond donors (Lipinski definition) is 1. The predicted molar refractivity (Wildman–Crippen MR) is 82.6 cm³/mol. The van der Waals surface area contributed by atoms with Gasteiger partial charge in [-0.2, -0.15) is 0 Å². The molecule has 2 aliphatic heterocycles. The molecule has 1 N–H and O–H groups in total. The monoisotopic (exact) mass is 309 g/mol. The van der Waals surface area contributed by atoms with Crippen molar-refractivity contribution in [1.29, 1.82) is 0 Å². The van der Waals surface area contributed by atoms with Crippen LogP contribution in [0.25, 0.3) is 0 Å². The number of benzene rings is 1. The Morgan fingerprint density at radius 1 is 1.33 bits per heavy atom. The lowest BCUT2D eigenvalue weighted by molar-refractivity contribution is -0.135. The summed E-state index contributed by atoms with van der Waals surface area (Å²) in [6.07, 6.45) is 0. The molecule has 2 atom stereocenters. The van der Waals surface area contributed by atoms with E-state index in [0.717, 1.165) is 30.3 Å². The minimum absolute atomic E-state index is 0.0488. The zero-order chi connectivity index (χ0) is 14.8.